The summed E-state index contributed by atoms with van der Waals surface area (Å²) in [5.74, 6) is 0.488. The van der Waals surface area contributed by atoms with Crippen LogP contribution in [0.5, 0.6) is 0 Å². The van der Waals surface area contributed by atoms with Gasteiger partial charge in [-0.05, 0) is 45.8 Å². The maximum Gasteiger partial charge on any atom is 0.109 e. The maximum atomic E-state index is 9.35. The minimum atomic E-state index is -0.276. The molecular weight excluding hydrogens is 214 g/mol. The average Bonchev–Trinajstić information content (AvgIpc) is 2.77. The number of rotatable bonds is 7. The summed E-state index contributed by atoms with van der Waals surface area (Å²) in [4.78, 5) is 2.28. The van der Waals surface area contributed by atoms with Crippen molar-refractivity contribution in [1.82, 2.24) is 10.2 Å². The van der Waals surface area contributed by atoms with Crippen LogP contribution in [0, 0.1) is 17.2 Å². The summed E-state index contributed by atoms with van der Waals surface area (Å²) in [5, 5.41) is 12.6. The van der Waals surface area contributed by atoms with E-state index in [1.165, 1.54) is 12.8 Å². The molecule has 4 heteroatoms. The van der Waals surface area contributed by atoms with Crippen LogP contribution in [-0.4, -0.2) is 51.3 Å². The predicted octanol–water partition coefficient (Wildman–Crippen LogP) is 1.24. The second-order valence-corrected chi connectivity index (χ2v) is 5.01. The first kappa shape index (κ1) is 14.4. The normalized spacial score (nSPS) is 28.5. The highest BCUT2D eigenvalue weighted by Gasteiger charge is 2.41. The minimum absolute atomic E-state index is 0.276. The number of ether oxygens (including phenoxy) is 1. The van der Waals surface area contributed by atoms with E-state index >= 15 is 0 Å². The molecule has 0 heterocycles. The number of hydrogen-bond donors (Lipinski definition) is 1. The molecule has 0 bridgehead atoms. The van der Waals surface area contributed by atoms with E-state index in [-0.39, 0.29) is 5.54 Å². The van der Waals surface area contributed by atoms with Gasteiger partial charge >= 0.3 is 0 Å². The summed E-state index contributed by atoms with van der Waals surface area (Å²) in [6, 6.07) is 2.49. The van der Waals surface area contributed by atoms with Crippen molar-refractivity contribution in [3.63, 3.8) is 0 Å². The summed E-state index contributed by atoms with van der Waals surface area (Å²) in [6.07, 6.45) is 4.43. The third kappa shape index (κ3) is 3.67. The Morgan fingerprint density at radius 3 is 2.88 bits per heavy atom. The van der Waals surface area contributed by atoms with Crippen LogP contribution in [0.1, 0.15) is 25.7 Å². The molecule has 0 aromatic rings. The maximum absolute atomic E-state index is 9.35. The van der Waals surface area contributed by atoms with E-state index in [0.717, 1.165) is 32.5 Å². The van der Waals surface area contributed by atoms with Crippen molar-refractivity contribution in [3.05, 3.63) is 0 Å². The van der Waals surface area contributed by atoms with Crippen LogP contribution < -0.4 is 5.32 Å². The van der Waals surface area contributed by atoms with Crippen molar-refractivity contribution in [2.75, 3.05) is 40.9 Å². The molecule has 0 saturated heterocycles. The highest BCUT2D eigenvalue weighted by atomic mass is 16.5. The Kier molecular flexibility index (Phi) is 5.90. The van der Waals surface area contributed by atoms with Crippen molar-refractivity contribution >= 4 is 0 Å². The molecule has 1 saturated carbocycles. The zero-order valence-corrected chi connectivity index (χ0v) is 11.3. The molecule has 0 aliphatic heterocycles. The standard InChI is InChI=1S/C13H25N3O/c1-15-13(11-14)7-4-5-12(13)6-8-16(2)9-10-17-3/h12,15H,4-10H2,1-3H3. The zero-order valence-electron chi connectivity index (χ0n) is 11.3. The first-order valence-electron chi connectivity index (χ1n) is 6.46. The largest absolute Gasteiger partial charge is 0.383 e. The number of likely N-dealkylation sites (N-methyl/N-ethyl adjacent to an activating group) is 1. The molecule has 17 heavy (non-hydrogen) atoms. The quantitative estimate of drug-likeness (QED) is 0.726. The molecule has 1 N–H and O–H groups in total. The van der Waals surface area contributed by atoms with E-state index in [0.29, 0.717) is 5.92 Å². The van der Waals surface area contributed by atoms with Gasteiger partial charge in [0.25, 0.3) is 0 Å². The fraction of sp³-hybridized carbons (Fsp3) is 0.923. The molecule has 0 amide bonds. The second-order valence-electron chi connectivity index (χ2n) is 5.01. The fourth-order valence-electron chi connectivity index (χ4n) is 2.74. The van der Waals surface area contributed by atoms with Gasteiger partial charge in [0.15, 0.2) is 0 Å². The summed E-state index contributed by atoms with van der Waals surface area (Å²) >= 11 is 0. The van der Waals surface area contributed by atoms with Crippen molar-refractivity contribution in [3.8, 4) is 6.07 Å². The number of methoxy groups -OCH3 is 1. The molecule has 1 fully saturated rings. The fourth-order valence-corrected chi connectivity index (χ4v) is 2.74. The number of nitriles is 1. The number of nitrogens with zero attached hydrogens (tertiary/aromatic N) is 2. The molecular formula is C13H25N3O. The van der Waals surface area contributed by atoms with E-state index in [9.17, 15) is 5.26 Å². The lowest BCUT2D eigenvalue weighted by atomic mass is 9.86. The van der Waals surface area contributed by atoms with Crippen LogP contribution >= 0.6 is 0 Å². The van der Waals surface area contributed by atoms with Crippen LogP contribution in [0.3, 0.4) is 0 Å². The van der Waals surface area contributed by atoms with Crippen molar-refractivity contribution in [2.24, 2.45) is 5.92 Å². The van der Waals surface area contributed by atoms with Gasteiger partial charge in [0.1, 0.15) is 5.54 Å². The van der Waals surface area contributed by atoms with Crippen molar-refractivity contribution in [1.29, 1.82) is 5.26 Å². The summed E-state index contributed by atoms with van der Waals surface area (Å²) in [7, 11) is 5.75. The van der Waals surface area contributed by atoms with E-state index in [4.69, 9.17) is 4.74 Å². The first-order valence-corrected chi connectivity index (χ1v) is 6.46. The van der Waals surface area contributed by atoms with Gasteiger partial charge in [0.05, 0.1) is 12.7 Å². The van der Waals surface area contributed by atoms with Crippen LogP contribution in [0.25, 0.3) is 0 Å². The third-order valence-corrected chi connectivity index (χ3v) is 4.00. The Morgan fingerprint density at radius 1 is 1.53 bits per heavy atom. The molecule has 98 valence electrons. The Hall–Kier alpha value is -0.630. The highest BCUT2D eigenvalue weighted by Crippen LogP contribution is 2.37. The summed E-state index contributed by atoms with van der Waals surface area (Å²) < 4.78 is 5.06. The molecule has 0 aromatic carbocycles. The zero-order chi connectivity index (χ0) is 12.7. The smallest absolute Gasteiger partial charge is 0.109 e. The van der Waals surface area contributed by atoms with E-state index in [1.54, 1.807) is 7.11 Å². The molecule has 0 radical (unpaired) electrons. The van der Waals surface area contributed by atoms with Gasteiger partial charge in [-0.3, -0.25) is 0 Å². The van der Waals surface area contributed by atoms with Crippen LogP contribution in [0.4, 0.5) is 0 Å². The Morgan fingerprint density at radius 2 is 2.29 bits per heavy atom. The Bertz CT molecular complexity index is 264. The van der Waals surface area contributed by atoms with Gasteiger partial charge in [0, 0.05) is 13.7 Å². The lowest BCUT2D eigenvalue weighted by Gasteiger charge is -2.29. The molecule has 1 rings (SSSR count). The Labute approximate surface area is 105 Å². The first-order chi connectivity index (χ1) is 8.18. The lowest BCUT2D eigenvalue weighted by Crippen LogP contribution is -2.45. The van der Waals surface area contributed by atoms with E-state index in [1.807, 2.05) is 7.05 Å². The van der Waals surface area contributed by atoms with E-state index in [2.05, 4.69) is 23.3 Å². The predicted molar refractivity (Wildman–Crippen MR) is 68.7 cm³/mol. The number of nitrogens with one attached hydrogen (secondary N) is 1. The Balaban J connectivity index is 2.38. The third-order valence-electron chi connectivity index (χ3n) is 4.00. The number of hydrogen-bond acceptors (Lipinski definition) is 4. The topological polar surface area (TPSA) is 48.3 Å². The van der Waals surface area contributed by atoms with Crippen molar-refractivity contribution in [2.45, 2.75) is 31.2 Å². The molecule has 0 spiro atoms. The van der Waals surface area contributed by atoms with Crippen LogP contribution in [0.2, 0.25) is 0 Å². The van der Waals surface area contributed by atoms with Crippen LogP contribution in [-0.2, 0) is 4.74 Å². The van der Waals surface area contributed by atoms with Gasteiger partial charge in [-0.2, -0.15) is 5.26 Å². The van der Waals surface area contributed by atoms with Gasteiger partial charge in [-0.25, -0.2) is 0 Å². The highest BCUT2D eigenvalue weighted by molar-refractivity contribution is 5.13. The van der Waals surface area contributed by atoms with Gasteiger partial charge < -0.3 is 15.0 Å². The van der Waals surface area contributed by atoms with E-state index < -0.39 is 0 Å². The van der Waals surface area contributed by atoms with Crippen molar-refractivity contribution < 1.29 is 4.74 Å². The molecule has 2 unspecified atom stereocenters. The summed E-state index contributed by atoms with van der Waals surface area (Å²) in [5.41, 5.74) is -0.276. The molecule has 1 aliphatic rings. The average molecular weight is 239 g/mol. The lowest BCUT2D eigenvalue weighted by molar-refractivity contribution is 0.155. The van der Waals surface area contributed by atoms with Gasteiger partial charge in [0.2, 0.25) is 0 Å². The van der Waals surface area contributed by atoms with Crippen LogP contribution in [0.15, 0.2) is 0 Å². The molecule has 0 aromatic heterocycles. The van der Waals surface area contributed by atoms with Gasteiger partial charge in [-0.15, -0.1) is 0 Å². The summed E-state index contributed by atoms with van der Waals surface area (Å²) in [6.45, 7) is 2.78. The van der Waals surface area contributed by atoms with Gasteiger partial charge in [-0.1, -0.05) is 6.42 Å². The monoisotopic (exact) mass is 239 g/mol. The minimum Gasteiger partial charge on any atom is -0.383 e. The molecule has 4 nitrogen and oxygen atoms in total. The molecule has 1 aliphatic carbocycles. The SMILES string of the molecule is CNC1(C#N)CCCC1CCN(C)CCOC. The second kappa shape index (κ2) is 6.95. The molecule has 2 atom stereocenters.